The number of aromatic nitrogens is 1. The number of thiocarbonyl (C=S) groups is 1. The van der Waals surface area contributed by atoms with Crippen LogP contribution in [0.2, 0.25) is 0 Å². The van der Waals surface area contributed by atoms with E-state index in [0.717, 1.165) is 30.3 Å². The molecule has 1 amide bonds. The molecule has 0 bridgehead atoms. The van der Waals surface area contributed by atoms with E-state index in [1.54, 1.807) is 0 Å². The number of hydrazine groups is 1. The molecule has 1 saturated heterocycles. The molecule has 144 valence electrons. The van der Waals surface area contributed by atoms with Gasteiger partial charge in [-0.05, 0) is 37.9 Å². The van der Waals surface area contributed by atoms with Gasteiger partial charge in [0.05, 0.1) is 18.9 Å². The third kappa shape index (κ3) is 4.83. The molecule has 7 nitrogen and oxygen atoms in total. The van der Waals surface area contributed by atoms with Gasteiger partial charge in [-0.3, -0.25) is 15.6 Å². The molecular weight excluding hydrogens is 370 g/mol. The lowest BCUT2D eigenvalue weighted by Gasteiger charge is -2.30. The van der Waals surface area contributed by atoms with Crippen molar-refractivity contribution in [3.8, 4) is 0 Å². The SMILES string of the molecule is Cc1nc(N2CCOCC2)sc1C(=O)NNC(=S)N[C@H]1CCCC[C@@H]1C. The van der Waals surface area contributed by atoms with Gasteiger partial charge in [-0.2, -0.15) is 0 Å². The van der Waals surface area contributed by atoms with Crippen LogP contribution in [0, 0.1) is 12.8 Å². The van der Waals surface area contributed by atoms with Crippen molar-refractivity contribution in [3.05, 3.63) is 10.6 Å². The summed E-state index contributed by atoms with van der Waals surface area (Å²) in [4.78, 5) is 19.8. The highest BCUT2D eigenvalue weighted by molar-refractivity contribution is 7.80. The van der Waals surface area contributed by atoms with Gasteiger partial charge in [-0.1, -0.05) is 31.1 Å². The highest BCUT2D eigenvalue weighted by Gasteiger charge is 2.23. The van der Waals surface area contributed by atoms with Crippen molar-refractivity contribution in [2.45, 2.75) is 45.6 Å². The number of anilines is 1. The average Bonchev–Trinajstić information content (AvgIpc) is 3.04. The standard InChI is InChI=1S/C17H27N5O2S2/c1-11-5-3-4-6-13(11)19-16(25)21-20-15(23)14-12(2)18-17(26-14)22-7-9-24-10-8-22/h11,13H,3-10H2,1-2H3,(H,20,23)(H2,19,21,25)/t11-,13-/m0/s1. The zero-order chi connectivity index (χ0) is 18.5. The minimum Gasteiger partial charge on any atom is -0.378 e. The van der Waals surface area contributed by atoms with E-state index in [0.29, 0.717) is 35.2 Å². The first-order chi connectivity index (χ1) is 12.5. The van der Waals surface area contributed by atoms with E-state index in [-0.39, 0.29) is 5.91 Å². The third-order valence-electron chi connectivity index (χ3n) is 4.99. The molecule has 26 heavy (non-hydrogen) atoms. The second-order valence-corrected chi connectivity index (χ2v) is 8.32. The highest BCUT2D eigenvalue weighted by Crippen LogP contribution is 2.26. The molecule has 2 fully saturated rings. The van der Waals surface area contributed by atoms with E-state index in [1.807, 2.05) is 6.92 Å². The fourth-order valence-electron chi connectivity index (χ4n) is 3.39. The summed E-state index contributed by atoms with van der Waals surface area (Å²) in [5, 5.41) is 4.65. The normalized spacial score (nSPS) is 23.4. The van der Waals surface area contributed by atoms with Gasteiger partial charge in [0.1, 0.15) is 4.88 Å². The van der Waals surface area contributed by atoms with E-state index in [9.17, 15) is 4.79 Å². The molecule has 3 N–H and O–H groups in total. The van der Waals surface area contributed by atoms with Crippen LogP contribution in [0.15, 0.2) is 0 Å². The Labute approximate surface area is 163 Å². The van der Waals surface area contributed by atoms with Crippen LogP contribution in [0.1, 0.15) is 48.0 Å². The third-order valence-corrected chi connectivity index (χ3v) is 6.43. The summed E-state index contributed by atoms with van der Waals surface area (Å²) in [5.41, 5.74) is 6.26. The summed E-state index contributed by atoms with van der Waals surface area (Å²) in [6.45, 7) is 7.10. The number of thiazole rings is 1. The Bertz CT molecular complexity index is 645. The number of amides is 1. The number of aryl methyl sites for hydroxylation is 1. The molecule has 3 rings (SSSR count). The van der Waals surface area contributed by atoms with Crippen molar-refractivity contribution in [2.75, 3.05) is 31.2 Å². The Morgan fingerprint density at radius 1 is 1.27 bits per heavy atom. The quantitative estimate of drug-likeness (QED) is 0.532. The van der Waals surface area contributed by atoms with Crippen LogP contribution in [0.5, 0.6) is 0 Å². The van der Waals surface area contributed by atoms with Gasteiger partial charge in [0, 0.05) is 19.1 Å². The molecule has 1 aliphatic heterocycles. The average molecular weight is 398 g/mol. The Morgan fingerprint density at radius 2 is 2.00 bits per heavy atom. The van der Waals surface area contributed by atoms with E-state index in [4.69, 9.17) is 17.0 Å². The zero-order valence-corrected chi connectivity index (χ0v) is 17.0. The summed E-state index contributed by atoms with van der Waals surface area (Å²) in [6.07, 6.45) is 4.85. The Hall–Kier alpha value is -1.45. The molecule has 2 aliphatic rings. The Kier molecular flexibility index (Phi) is 6.66. The van der Waals surface area contributed by atoms with Gasteiger partial charge in [0.25, 0.3) is 5.91 Å². The number of nitrogens with one attached hydrogen (secondary N) is 3. The van der Waals surface area contributed by atoms with Gasteiger partial charge in [0.15, 0.2) is 10.2 Å². The number of rotatable bonds is 3. The van der Waals surface area contributed by atoms with Crippen molar-refractivity contribution in [2.24, 2.45) is 5.92 Å². The summed E-state index contributed by atoms with van der Waals surface area (Å²) in [5.74, 6) is 0.388. The van der Waals surface area contributed by atoms with Crippen molar-refractivity contribution in [1.29, 1.82) is 0 Å². The van der Waals surface area contributed by atoms with Gasteiger partial charge >= 0.3 is 0 Å². The van der Waals surface area contributed by atoms with Crippen molar-refractivity contribution < 1.29 is 9.53 Å². The largest absolute Gasteiger partial charge is 0.378 e. The highest BCUT2D eigenvalue weighted by atomic mass is 32.1. The lowest BCUT2D eigenvalue weighted by atomic mass is 9.86. The molecular formula is C17H27N5O2S2. The number of nitrogens with zero attached hydrogens (tertiary/aromatic N) is 2. The van der Waals surface area contributed by atoms with E-state index in [1.165, 1.54) is 30.6 Å². The maximum absolute atomic E-state index is 12.5. The molecule has 1 saturated carbocycles. The second-order valence-electron chi connectivity index (χ2n) is 6.93. The smallest absolute Gasteiger partial charge is 0.281 e. The van der Waals surface area contributed by atoms with Crippen molar-refractivity contribution in [3.63, 3.8) is 0 Å². The van der Waals surface area contributed by atoms with Crippen LogP contribution in [-0.4, -0.2) is 48.3 Å². The Balaban J connectivity index is 1.51. The molecule has 0 unspecified atom stereocenters. The fraction of sp³-hybridized carbons (Fsp3) is 0.706. The van der Waals surface area contributed by atoms with Crippen LogP contribution in [-0.2, 0) is 4.74 Å². The van der Waals surface area contributed by atoms with Crippen LogP contribution in [0.3, 0.4) is 0 Å². The monoisotopic (exact) mass is 397 g/mol. The van der Waals surface area contributed by atoms with Crippen molar-refractivity contribution >= 4 is 39.7 Å². The second kappa shape index (κ2) is 8.96. The maximum atomic E-state index is 12.5. The first-order valence-corrected chi connectivity index (χ1v) is 10.4. The summed E-state index contributed by atoms with van der Waals surface area (Å²) in [6, 6.07) is 0.374. The fourth-order valence-corrected chi connectivity index (χ4v) is 4.60. The molecule has 0 radical (unpaired) electrons. The molecule has 1 aromatic rings. The summed E-state index contributed by atoms with van der Waals surface area (Å²) < 4.78 is 5.37. The minimum absolute atomic E-state index is 0.208. The number of hydrogen-bond donors (Lipinski definition) is 3. The topological polar surface area (TPSA) is 78.5 Å². The number of carbonyl (C=O) groups excluding carboxylic acids is 1. The predicted molar refractivity (Wildman–Crippen MR) is 108 cm³/mol. The molecule has 0 aromatic carbocycles. The van der Waals surface area contributed by atoms with Gasteiger partial charge in [-0.15, -0.1) is 0 Å². The molecule has 1 aromatic heterocycles. The van der Waals surface area contributed by atoms with Crippen molar-refractivity contribution in [1.82, 2.24) is 21.2 Å². The van der Waals surface area contributed by atoms with Gasteiger partial charge in [-0.25, -0.2) is 4.98 Å². The van der Waals surface area contributed by atoms with Gasteiger partial charge in [0.2, 0.25) is 0 Å². The molecule has 0 spiro atoms. The Morgan fingerprint density at radius 3 is 2.73 bits per heavy atom. The minimum atomic E-state index is -0.208. The lowest BCUT2D eigenvalue weighted by molar-refractivity contribution is 0.0946. The number of carbonyl (C=O) groups is 1. The zero-order valence-electron chi connectivity index (χ0n) is 15.3. The predicted octanol–water partition coefficient (Wildman–Crippen LogP) is 1.98. The van der Waals surface area contributed by atoms with Crippen LogP contribution in [0.25, 0.3) is 0 Å². The first-order valence-electron chi connectivity index (χ1n) is 9.21. The van der Waals surface area contributed by atoms with Crippen LogP contribution >= 0.6 is 23.6 Å². The number of hydrogen-bond acceptors (Lipinski definition) is 6. The van der Waals surface area contributed by atoms with Gasteiger partial charge < -0.3 is 15.0 Å². The molecule has 1 aliphatic carbocycles. The maximum Gasteiger partial charge on any atom is 0.281 e. The molecule has 2 heterocycles. The van der Waals surface area contributed by atoms with Crippen LogP contribution in [0.4, 0.5) is 5.13 Å². The summed E-state index contributed by atoms with van der Waals surface area (Å²) >= 11 is 6.73. The molecule has 2 atom stereocenters. The van der Waals surface area contributed by atoms with E-state index < -0.39 is 0 Å². The lowest BCUT2D eigenvalue weighted by Crippen LogP contribution is -2.51. The first kappa shape index (κ1) is 19.3. The molecule has 9 heteroatoms. The summed E-state index contributed by atoms with van der Waals surface area (Å²) in [7, 11) is 0. The van der Waals surface area contributed by atoms with E-state index >= 15 is 0 Å². The number of ether oxygens (including phenoxy) is 1. The van der Waals surface area contributed by atoms with E-state index in [2.05, 4.69) is 33.0 Å². The number of morpholine rings is 1. The van der Waals surface area contributed by atoms with Crippen LogP contribution < -0.4 is 21.1 Å².